The molecule has 0 unspecified atom stereocenters. The van der Waals surface area contributed by atoms with Gasteiger partial charge in [0.25, 0.3) is 0 Å². The van der Waals surface area contributed by atoms with Crippen LogP contribution in [-0.2, 0) is 16.6 Å². The number of amides is 2. The molecule has 1 aliphatic rings. The van der Waals surface area contributed by atoms with E-state index in [4.69, 9.17) is 4.74 Å². The van der Waals surface area contributed by atoms with Crippen molar-refractivity contribution in [2.75, 3.05) is 26.8 Å². The van der Waals surface area contributed by atoms with Gasteiger partial charge in [0, 0.05) is 38.3 Å². The van der Waals surface area contributed by atoms with Gasteiger partial charge in [-0.2, -0.15) is 0 Å². The standard InChI is InChI=1S/C31H32F6N2O4/c1-41-17-15-25-12-7-16-39(25)28(40)38-21-29(20-22-8-3-2-4-9-22,23-10-5-13-26(18-23)42-30(32,33)34)24-11-6-14-27(19-24)43-31(35,36)37/h2-6,8-11,13-14,18-19,25H,7,12,15-17,20-21H2,1H3,(H,38,40)/t25-/m0/s1. The van der Waals surface area contributed by atoms with Crippen molar-refractivity contribution in [3.05, 3.63) is 95.6 Å². The van der Waals surface area contributed by atoms with Gasteiger partial charge in [0.15, 0.2) is 0 Å². The third kappa shape index (κ3) is 8.79. The summed E-state index contributed by atoms with van der Waals surface area (Å²) in [7, 11) is 1.57. The van der Waals surface area contributed by atoms with Crippen LogP contribution in [0.4, 0.5) is 31.1 Å². The molecule has 1 fully saturated rings. The minimum Gasteiger partial charge on any atom is -0.406 e. The van der Waals surface area contributed by atoms with Crippen LogP contribution >= 0.6 is 0 Å². The van der Waals surface area contributed by atoms with Gasteiger partial charge in [-0.05, 0) is 66.6 Å². The maximum atomic E-state index is 13.5. The molecule has 1 atom stereocenters. The summed E-state index contributed by atoms with van der Waals surface area (Å²) in [5, 5.41) is 2.94. The predicted octanol–water partition coefficient (Wildman–Crippen LogP) is 7.22. The Hall–Kier alpha value is -3.93. The van der Waals surface area contributed by atoms with E-state index in [9.17, 15) is 31.1 Å². The van der Waals surface area contributed by atoms with Crippen molar-refractivity contribution in [2.45, 2.75) is 49.9 Å². The Morgan fingerprint density at radius 1 is 0.860 bits per heavy atom. The molecule has 0 saturated carbocycles. The highest BCUT2D eigenvalue weighted by atomic mass is 19.4. The molecule has 1 N–H and O–H groups in total. The van der Waals surface area contributed by atoms with E-state index in [1.165, 1.54) is 24.3 Å². The summed E-state index contributed by atoms with van der Waals surface area (Å²) < 4.78 is 92.7. The zero-order valence-electron chi connectivity index (χ0n) is 23.4. The molecule has 1 heterocycles. The highest BCUT2D eigenvalue weighted by Gasteiger charge is 2.39. The van der Waals surface area contributed by atoms with Gasteiger partial charge in [0.2, 0.25) is 0 Å². The van der Waals surface area contributed by atoms with Crippen molar-refractivity contribution < 1.29 is 45.3 Å². The van der Waals surface area contributed by atoms with E-state index in [1.54, 1.807) is 54.5 Å². The van der Waals surface area contributed by atoms with E-state index in [0.717, 1.165) is 30.5 Å². The predicted molar refractivity (Wildman–Crippen MR) is 147 cm³/mol. The number of halogens is 6. The number of methoxy groups -OCH3 is 1. The molecule has 4 rings (SSSR count). The first-order valence-electron chi connectivity index (χ1n) is 13.7. The first-order valence-corrected chi connectivity index (χ1v) is 13.7. The average molecular weight is 611 g/mol. The van der Waals surface area contributed by atoms with E-state index in [2.05, 4.69) is 14.8 Å². The van der Waals surface area contributed by atoms with Gasteiger partial charge < -0.3 is 24.4 Å². The van der Waals surface area contributed by atoms with E-state index >= 15 is 0 Å². The van der Waals surface area contributed by atoms with Gasteiger partial charge in [0.05, 0.1) is 0 Å². The van der Waals surface area contributed by atoms with Crippen LogP contribution in [0.3, 0.4) is 0 Å². The largest absolute Gasteiger partial charge is 0.573 e. The van der Waals surface area contributed by atoms with Crippen molar-refractivity contribution in [1.82, 2.24) is 10.2 Å². The molecule has 12 heteroatoms. The fraction of sp³-hybridized carbons (Fsp3) is 0.387. The number of nitrogens with zero attached hydrogens (tertiary/aromatic N) is 1. The molecule has 232 valence electrons. The normalized spacial score (nSPS) is 15.8. The number of alkyl halides is 6. The number of rotatable bonds is 11. The summed E-state index contributed by atoms with van der Waals surface area (Å²) in [4.78, 5) is 15.2. The maximum absolute atomic E-state index is 13.5. The monoisotopic (exact) mass is 610 g/mol. The van der Waals surface area contributed by atoms with Gasteiger partial charge in [-0.25, -0.2) is 4.79 Å². The minimum absolute atomic E-state index is 0.0597. The summed E-state index contributed by atoms with van der Waals surface area (Å²) in [5.41, 5.74) is -0.0191. The summed E-state index contributed by atoms with van der Waals surface area (Å²) in [5.74, 6) is -1.01. The lowest BCUT2D eigenvalue weighted by molar-refractivity contribution is -0.275. The van der Waals surface area contributed by atoms with E-state index < -0.39 is 29.6 Å². The fourth-order valence-electron chi connectivity index (χ4n) is 5.55. The SMILES string of the molecule is COCC[C@@H]1CCCN1C(=O)NCC(Cc1ccccc1)(c1cccc(OC(F)(F)F)c1)c1cccc(OC(F)(F)F)c1. The second-order valence-electron chi connectivity index (χ2n) is 10.3. The third-order valence-electron chi connectivity index (χ3n) is 7.42. The Morgan fingerprint density at radius 3 is 1.98 bits per heavy atom. The Morgan fingerprint density at radius 2 is 1.44 bits per heavy atom. The number of carbonyl (C=O) groups excluding carboxylic acids is 1. The molecule has 6 nitrogen and oxygen atoms in total. The van der Waals surface area contributed by atoms with Crippen molar-refractivity contribution in [3.63, 3.8) is 0 Å². The number of hydrogen-bond donors (Lipinski definition) is 1. The van der Waals surface area contributed by atoms with Crippen LogP contribution in [0.2, 0.25) is 0 Å². The molecular weight excluding hydrogens is 578 g/mol. The quantitative estimate of drug-likeness (QED) is 0.233. The van der Waals surface area contributed by atoms with E-state index in [-0.39, 0.29) is 25.0 Å². The van der Waals surface area contributed by atoms with Gasteiger partial charge in [-0.15, -0.1) is 26.3 Å². The molecule has 0 bridgehead atoms. The molecule has 1 saturated heterocycles. The number of urea groups is 1. The van der Waals surface area contributed by atoms with Gasteiger partial charge in [0.1, 0.15) is 11.5 Å². The fourth-order valence-corrected chi connectivity index (χ4v) is 5.55. The molecule has 2 amide bonds. The first kappa shape index (κ1) is 32.0. The lowest BCUT2D eigenvalue weighted by Crippen LogP contribution is -2.49. The second kappa shape index (κ2) is 13.6. The molecule has 0 spiro atoms. The zero-order valence-corrected chi connectivity index (χ0v) is 23.4. The molecular formula is C31H32F6N2O4. The smallest absolute Gasteiger partial charge is 0.406 e. The Balaban J connectivity index is 1.81. The van der Waals surface area contributed by atoms with Gasteiger partial charge in [-0.1, -0.05) is 54.6 Å². The van der Waals surface area contributed by atoms with Gasteiger partial charge in [-0.3, -0.25) is 0 Å². The third-order valence-corrected chi connectivity index (χ3v) is 7.42. The van der Waals surface area contributed by atoms with Crippen LogP contribution in [0.1, 0.15) is 36.0 Å². The van der Waals surface area contributed by atoms with Crippen LogP contribution in [0.5, 0.6) is 11.5 Å². The van der Waals surface area contributed by atoms with Gasteiger partial charge >= 0.3 is 18.8 Å². The highest BCUT2D eigenvalue weighted by molar-refractivity contribution is 5.75. The van der Waals surface area contributed by atoms with E-state index in [1.807, 2.05) is 0 Å². The molecule has 3 aromatic carbocycles. The summed E-state index contributed by atoms with van der Waals surface area (Å²) >= 11 is 0. The minimum atomic E-state index is -4.97. The zero-order chi connectivity index (χ0) is 31.1. The second-order valence-corrected chi connectivity index (χ2v) is 10.3. The van der Waals surface area contributed by atoms with Crippen LogP contribution in [0, 0.1) is 0 Å². The van der Waals surface area contributed by atoms with Crippen LogP contribution in [0.15, 0.2) is 78.9 Å². The number of ether oxygens (including phenoxy) is 3. The Bertz CT molecular complexity index is 1290. The summed E-state index contributed by atoms with van der Waals surface area (Å²) in [6.07, 6.45) is -7.60. The maximum Gasteiger partial charge on any atom is 0.573 e. The number of hydrogen-bond acceptors (Lipinski definition) is 4. The van der Waals surface area contributed by atoms with Crippen LogP contribution in [-0.4, -0.2) is 56.5 Å². The first-order chi connectivity index (χ1) is 20.4. The molecule has 0 aromatic heterocycles. The Labute approximate surface area is 245 Å². The highest BCUT2D eigenvalue weighted by Crippen LogP contribution is 2.40. The molecule has 43 heavy (non-hydrogen) atoms. The number of nitrogens with one attached hydrogen (secondary N) is 1. The lowest BCUT2D eigenvalue weighted by atomic mass is 9.70. The van der Waals surface area contributed by atoms with Crippen LogP contribution in [0.25, 0.3) is 0 Å². The number of benzene rings is 3. The van der Waals surface area contributed by atoms with Crippen molar-refractivity contribution in [3.8, 4) is 11.5 Å². The van der Waals surface area contributed by atoms with Crippen LogP contribution < -0.4 is 14.8 Å². The van der Waals surface area contributed by atoms with E-state index in [0.29, 0.717) is 30.7 Å². The lowest BCUT2D eigenvalue weighted by Gasteiger charge is -2.37. The molecule has 0 aliphatic carbocycles. The Kier molecular flexibility index (Phi) is 10.1. The number of likely N-dealkylation sites (tertiary alicyclic amines) is 1. The molecule has 0 radical (unpaired) electrons. The van der Waals surface area contributed by atoms with Crippen molar-refractivity contribution in [1.29, 1.82) is 0 Å². The van der Waals surface area contributed by atoms with Crippen molar-refractivity contribution >= 4 is 6.03 Å². The number of carbonyl (C=O) groups is 1. The van der Waals surface area contributed by atoms with Crippen molar-refractivity contribution in [2.24, 2.45) is 0 Å². The molecule has 1 aliphatic heterocycles. The summed E-state index contributed by atoms with van der Waals surface area (Å²) in [6, 6.07) is 19.0. The summed E-state index contributed by atoms with van der Waals surface area (Å²) in [6.45, 7) is 0.819. The topological polar surface area (TPSA) is 60.0 Å². The molecule has 3 aromatic rings. The average Bonchev–Trinajstić information content (AvgIpc) is 3.42.